The quantitative estimate of drug-likeness (QED) is 0.708. The second-order valence-electron chi connectivity index (χ2n) is 6.20. The Balaban J connectivity index is 1.67. The number of methoxy groups -OCH3 is 1. The second kappa shape index (κ2) is 8.00. The number of fused-ring (bicyclic) bond motifs is 3. The fourth-order valence-electron chi connectivity index (χ4n) is 3.04. The van der Waals surface area contributed by atoms with Crippen LogP contribution in [0.25, 0.3) is 6.08 Å². The number of hydrogen-bond donors (Lipinski definition) is 0. The van der Waals surface area contributed by atoms with Crippen LogP contribution >= 0.6 is 11.8 Å². The lowest BCUT2D eigenvalue weighted by atomic mass is 10.0. The molecular weight excluding hydrogens is 396 g/mol. The van der Waals surface area contributed by atoms with Crippen LogP contribution in [0.1, 0.15) is 27.6 Å². The van der Waals surface area contributed by atoms with E-state index in [2.05, 4.69) is 0 Å². The molecule has 0 fully saturated rings. The molecule has 0 N–H and O–H groups in total. The number of esters is 2. The molecule has 29 heavy (non-hydrogen) atoms. The van der Waals surface area contributed by atoms with Gasteiger partial charge < -0.3 is 18.9 Å². The highest BCUT2D eigenvalue weighted by atomic mass is 32.2. The zero-order chi connectivity index (χ0) is 20.4. The number of thioether (sulfide) groups is 1. The van der Waals surface area contributed by atoms with Gasteiger partial charge in [0.05, 0.1) is 17.8 Å². The monoisotopic (exact) mass is 412 g/mol. The van der Waals surface area contributed by atoms with Gasteiger partial charge in [-0.1, -0.05) is 30.3 Å². The Morgan fingerprint density at radius 2 is 1.90 bits per heavy atom. The van der Waals surface area contributed by atoms with Crippen molar-refractivity contribution in [1.29, 1.82) is 0 Å². The smallest absolute Gasteiger partial charge is 0.351 e. The van der Waals surface area contributed by atoms with E-state index in [1.165, 1.54) is 7.11 Å². The van der Waals surface area contributed by atoms with Gasteiger partial charge >= 0.3 is 11.9 Å². The number of Topliss-reactive ketones (excluding diaryl/α,β-unsaturated/α-hetero) is 1. The van der Waals surface area contributed by atoms with Gasteiger partial charge in [0.1, 0.15) is 0 Å². The van der Waals surface area contributed by atoms with Gasteiger partial charge in [-0.05, 0) is 18.2 Å². The van der Waals surface area contributed by atoms with Crippen molar-refractivity contribution in [2.45, 2.75) is 6.10 Å². The maximum atomic E-state index is 12.9. The lowest BCUT2D eigenvalue weighted by Gasteiger charge is -2.16. The van der Waals surface area contributed by atoms with Crippen molar-refractivity contribution in [3.63, 3.8) is 0 Å². The van der Waals surface area contributed by atoms with Gasteiger partial charge in [-0.3, -0.25) is 4.79 Å². The minimum absolute atomic E-state index is 0.0408. The molecule has 0 amide bonds. The fourth-order valence-corrected chi connectivity index (χ4v) is 3.85. The maximum absolute atomic E-state index is 12.9. The first-order chi connectivity index (χ1) is 14.1. The molecule has 0 saturated carbocycles. The van der Waals surface area contributed by atoms with Crippen molar-refractivity contribution in [2.75, 3.05) is 19.7 Å². The number of rotatable bonds is 4. The first kappa shape index (κ1) is 19.1. The van der Waals surface area contributed by atoms with Crippen LogP contribution in [0.5, 0.6) is 11.5 Å². The topological polar surface area (TPSA) is 88.1 Å². The third-order valence-corrected chi connectivity index (χ3v) is 5.46. The van der Waals surface area contributed by atoms with Crippen molar-refractivity contribution in [3.8, 4) is 11.5 Å². The van der Waals surface area contributed by atoms with Crippen LogP contribution < -0.4 is 9.47 Å². The van der Waals surface area contributed by atoms with Crippen molar-refractivity contribution in [1.82, 2.24) is 0 Å². The van der Waals surface area contributed by atoms with E-state index in [-0.39, 0.29) is 23.2 Å². The minimum Gasteiger partial charge on any atom is -0.466 e. The molecule has 0 aromatic heterocycles. The van der Waals surface area contributed by atoms with E-state index >= 15 is 0 Å². The van der Waals surface area contributed by atoms with E-state index in [0.29, 0.717) is 28.2 Å². The first-order valence-corrected chi connectivity index (χ1v) is 9.71. The summed E-state index contributed by atoms with van der Waals surface area (Å²) in [5.41, 5.74) is 1.40. The van der Waals surface area contributed by atoms with Crippen molar-refractivity contribution in [2.24, 2.45) is 0 Å². The Labute approximate surface area is 170 Å². The largest absolute Gasteiger partial charge is 0.466 e. The summed E-state index contributed by atoms with van der Waals surface area (Å²) < 4.78 is 21.1. The predicted molar refractivity (Wildman–Crippen MR) is 105 cm³/mol. The van der Waals surface area contributed by atoms with Crippen LogP contribution in [0.15, 0.2) is 47.4 Å². The van der Waals surface area contributed by atoms with Gasteiger partial charge in [-0.2, -0.15) is 0 Å². The van der Waals surface area contributed by atoms with Gasteiger partial charge in [0.2, 0.25) is 12.9 Å². The highest BCUT2D eigenvalue weighted by molar-refractivity contribution is 8.04. The molecule has 2 aliphatic rings. The Hall–Kier alpha value is -3.26. The second-order valence-corrected chi connectivity index (χ2v) is 7.22. The van der Waals surface area contributed by atoms with E-state index < -0.39 is 18.0 Å². The molecule has 0 aliphatic carbocycles. The molecule has 2 aromatic rings. The Morgan fingerprint density at radius 3 is 2.66 bits per heavy atom. The van der Waals surface area contributed by atoms with Crippen molar-refractivity contribution >= 4 is 35.6 Å². The summed E-state index contributed by atoms with van der Waals surface area (Å²) in [4.78, 5) is 37.7. The van der Waals surface area contributed by atoms with Crippen LogP contribution in [-0.4, -0.2) is 37.4 Å². The van der Waals surface area contributed by atoms with E-state index in [4.69, 9.17) is 18.9 Å². The highest BCUT2D eigenvalue weighted by Gasteiger charge is 2.31. The molecule has 4 rings (SSSR count). The SMILES string of the molecule is COC(=O)[C@H](OC(=O)C1=Cc2c(ccc3c2OCO3)C(=O)CS1)c1ccccc1. The Morgan fingerprint density at radius 1 is 1.10 bits per heavy atom. The molecule has 7 nitrogen and oxygen atoms in total. The third kappa shape index (κ3) is 3.71. The predicted octanol–water partition coefficient (Wildman–Crippen LogP) is 3.14. The average Bonchev–Trinajstić information content (AvgIpc) is 3.17. The van der Waals surface area contributed by atoms with Crippen molar-refractivity contribution in [3.05, 3.63) is 64.1 Å². The number of carbonyl (C=O) groups is 3. The molecular formula is C21H16O7S. The molecule has 8 heteroatoms. The number of hydrogen-bond acceptors (Lipinski definition) is 8. The van der Waals surface area contributed by atoms with Crippen LogP contribution in [0, 0.1) is 0 Å². The van der Waals surface area contributed by atoms with Crippen LogP contribution in [0.4, 0.5) is 0 Å². The molecule has 0 spiro atoms. The van der Waals surface area contributed by atoms with Gasteiger partial charge in [-0.25, -0.2) is 9.59 Å². The summed E-state index contributed by atoms with van der Waals surface area (Å²) >= 11 is 1.05. The molecule has 148 valence electrons. The van der Waals surface area contributed by atoms with Crippen LogP contribution in [0.3, 0.4) is 0 Å². The number of benzene rings is 2. The summed E-state index contributed by atoms with van der Waals surface area (Å²) in [5.74, 6) is -0.596. The average molecular weight is 412 g/mol. The zero-order valence-corrected chi connectivity index (χ0v) is 16.2. The molecule has 2 heterocycles. The maximum Gasteiger partial charge on any atom is 0.351 e. The molecule has 2 aliphatic heterocycles. The molecule has 0 saturated heterocycles. The third-order valence-electron chi connectivity index (χ3n) is 4.46. The summed E-state index contributed by atoms with van der Waals surface area (Å²) in [7, 11) is 1.22. The normalized spacial score (nSPS) is 15.6. The Bertz CT molecular complexity index is 1010. The van der Waals surface area contributed by atoms with E-state index in [1.54, 1.807) is 48.5 Å². The number of ketones is 1. The summed E-state index contributed by atoms with van der Waals surface area (Å²) in [6.45, 7) is 0.0408. The molecule has 0 radical (unpaired) electrons. The summed E-state index contributed by atoms with van der Waals surface area (Å²) in [6.07, 6.45) is 0.329. The van der Waals surface area contributed by atoms with Crippen LogP contribution in [-0.2, 0) is 19.1 Å². The van der Waals surface area contributed by atoms with E-state index in [9.17, 15) is 14.4 Å². The van der Waals surface area contributed by atoms with Crippen molar-refractivity contribution < 1.29 is 33.3 Å². The van der Waals surface area contributed by atoms with Gasteiger partial charge in [0.25, 0.3) is 0 Å². The minimum atomic E-state index is -1.21. The highest BCUT2D eigenvalue weighted by Crippen LogP contribution is 2.42. The fraction of sp³-hybridized carbons (Fsp3) is 0.190. The number of carbonyl (C=O) groups excluding carboxylic acids is 3. The molecule has 0 bridgehead atoms. The molecule has 1 atom stereocenters. The van der Waals surface area contributed by atoms with Gasteiger partial charge in [0, 0.05) is 16.7 Å². The van der Waals surface area contributed by atoms with Crippen LogP contribution in [0.2, 0.25) is 0 Å². The van der Waals surface area contributed by atoms with E-state index in [1.807, 2.05) is 0 Å². The first-order valence-electron chi connectivity index (χ1n) is 8.72. The Kier molecular flexibility index (Phi) is 5.26. The van der Waals surface area contributed by atoms with E-state index in [0.717, 1.165) is 11.8 Å². The standard InChI is InChI=1S/C21H16O7S/c1-25-21(24)18(12-5-3-2-4-6-12)28-20(23)17-9-14-13(15(22)10-29-17)7-8-16-19(14)27-11-26-16/h2-9,18H,10-11H2,1H3/t18-/m1/s1. The number of ether oxygens (including phenoxy) is 4. The van der Waals surface area contributed by atoms with Gasteiger partial charge in [0.15, 0.2) is 17.3 Å². The lowest BCUT2D eigenvalue weighted by Crippen LogP contribution is -2.21. The molecule has 2 aromatic carbocycles. The lowest BCUT2D eigenvalue weighted by molar-refractivity contribution is -0.163. The molecule has 0 unspecified atom stereocenters. The van der Waals surface area contributed by atoms with Gasteiger partial charge in [-0.15, -0.1) is 11.8 Å². The summed E-state index contributed by atoms with van der Waals surface area (Å²) in [5, 5.41) is 0. The zero-order valence-electron chi connectivity index (χ0n) is 15.4. The summed E-state index contributed by atoms with van der Waals surface area (Å²) in [6, 6.07) is 11.9.